The maximum absolute atomic E-state index is 12.9. The Morgan fingerprint density at radius 2 is 1.69 bits per heavy atom. The van der Waals surface area contributed by atoms with E-state index in [2.05, 4.69) is 10.3 Å². The van der Waals surface area contributed by atoms with Gasteiger partial charge in [-0.25, -0.2) is 0 Å². The molecule has 0 atom stereocenters. The molecule has 0 fully saturated rings. The Labute approximate surface area is 210 Å². The van der Waals surface area contributed by atoms with Crippen molar-refractivity contribution in [3.05, 3.63) is 124 Å². The molecule has 0 saturated heterocycles. The van der Waals surface area contributed by atoms with Crippen molar-refractivity contribution in [1.82, 2.24) is 0 Å². The fourth-order valence-corrected chi connectivity index (χ4v) is 3.70. The number of nitrogens with one attached hydrogen (secondary N) is 1. The summed E-state index contributed by atoms with van der Waals surface area (Å²) in [5.41, 5.74) is 2.42. The van der Waals surface area contributed by atoms with Gasteiger partial charge in [0.15, 0.2) is 0 Å². The molecule has 4 aromatic rings. The van der Waals surface area contributed by atoms with Gasteiger partial charge in [0.1, 0.15) is 5.75 Å². The van der Waals surface area contributed by atoms with Gasteiger partial charge in [0.25, 0.3) is 5.91 Å². The standard InChI is InChI=1S/C28H20ClF3N2O2/c29-25-7-2-1-4-20(25)14-18-8-13-26(35)21(15-18)17-33-23-11-9-19(10-12-23)27(36)34-24-6-3-5-22(16-24)28(30,31)32/h1-13,15-17,35H,14H2,(H,34,36). The lowest BCUT2D eigenvalue weighted by Crippen LogP contribution is -2.13. The first-order valence-electron chi connectivity index (χ1n) is 10.9. The van der Waals surface area contributed by atoms with Crippen LogP contribution in [0.4, 0.5) is 24.5 Å². The quantitative estimate of drug-likeness (QED) is 0.263. The molecule has 0 heterocycles. The minimum absolute atomic E-state index is 0.0454. The van der Waals surface area contributed by atoms with Crippen molar-refractivity contribution in [3.8, 4) is 5.75 Å². The smallest absolute Gasteiger partial charge is 0.416 e. The molecule has 0 spiro atoms. The summed E-state index contributed by atoms with van der Waals surface area (Å²) in [5.74, 6) is -0.478. The van der Waals surface area contributed by atoms with Crippen molar-refractivity contribution >= 4 is 35.1 Å². The van der Waals surface area contributed by atoms with Gasteiger partial charge in [0, 0.05) is 28.1 Å². The van der Waals surface area contributed by atoms with Crippen LogP contribution in [0, 0.1) is 0 Å². The van der Waals surface area contributed by atoms with Crippen LogP contribution in [0.15, 0.2) is 96.0 Å². The third kappa shape index (κ3) is 6.31. The van der Waals surface area contributed by atoms with E-state index in [4.69, 9.17) is 11.6 Å². The largest absolute Gasteiger partial charge is 0.507 e. The van der Waals surface area contributed by atoms with E-state index in [0.29, 0.717) is 22.7 Å². The number of alkyl halides is 3. The molecule has 0 bridgehead atoms. The summed E-state index contributed by atoms with van der Waals surface area (Å²) in [4.78, 5) is 16.8. The van der Waals surface area contributed by atoms with Crippen LogP contribution < -0.4 is 5.32 Å². The molecule has 0 unspecified atom stereocenters. The highest BCUT2D eigenvalue weighted by Gasteiger charge is 2.30. The number of phenolic OH excluding ortho intramolecular Hbond substituents is 1. The molecule has 4 nitrogen and oxygen atoms in total. The van der Waals surface area contributed by atoms with Crippen LogP contribution in [0.3, 0.4) is 0 Å². The SMILES string of the molecule is O=C(Nc1cccc(C(F)(F)F)c1)c1ccc(N=Cc2cc(Cc3ccccc3Cl)ccc2O)cc1. The van der Waals surface area contributed by atoms with Crippen LogP contribution in [0.25, 0.3) is 0 Å². The van der Waals surface area contributed by atoms with Crippen molar-refractivity contribution in [1.29, 1.82) is 0 Å². The molecule has 0 saturated carbocycles. The molecule has 4 rings (SSSR count). The minimum Gasteiger partial charge on any atom is -0.507 e. The summed E-state index contributed by atoms with van der Waals surface area (Å²) in [5, 5.41) is 13.4. The van der Waals surface area contributed by atoms with Crippen LogP contribution in [-0.4, -0.2) is 17.2 Å². The zero-order chi connectivity index (χ0) is 25.7. The van der Waals surface area contributed by atoms with E-state index in [0.717, 1.165) is 23.3 Å². The molecule has 0 aliphatic carbocycles. The first kappa shape index (κ1) is 25.0. The second-order valence-corrected chi connectivity index (χ2v) is 8.41. The van der Waals surface area contributed by atoms with Crippen LogP contribution in [0.5, 0.6) is 5.75 Å². The van der Waals surface area contributed by atoms with E-state index < -0.39 is 17.6 Å². The van der Waals surface area contributed by atoms with E-state index in [1.807, 2.05) is 36.4 Å². The van der Waals surface area contributed by atoms with Crippen molar-refractivity contribution < 1.29 is 23.1 Å². The number of halogens is 4. The van der Waals surface area contributed by atoms with Crippen LogP contribution in [-0.2, 0) is 12.6 Å². The lowest BCUT2D eigenvalue weighted by Gasteiger charge is -2.10. The van der Waals surface area contributed by atoms with Crippen LogP contribution >= 0.6 is 11.6 Å². The molecule has 182 valence electrons. The average Bonchev–Trinajstić information content (AvgIpc) is 2.85. The highest BCUT2D eigenvalue weighted by atomic mass is 35.5. The number of aromatic hydroxyl groups is 1. The van der Waals surface area contributed by atoms with Gasteiger partial charge in [0.05, 0.1) is 11.3 Å². The van der Waals surface area contributed by atoms with E-state index in [9.17, 15) is 23.1 Å². The summed E-state index contributed by atoms with van der Waals surface area (Å²) >= 11 is 6.24. The number of carbonyl (C=O) groups is 1. The predicted molar refractivity (Wildman–Crippen MR) is 135 cm³/mol. The van der Waals surface area contributed by atoms with E-state index in [1.165, 1.54) is 30.5 Å². The first-order chi connectivity index (χ1) is 17.2. The predicted octanol–water partition coefficient (Wildman–Crippen LogP) is 7.66. The van der Waals surface area contributed by atoms with Gasteiger partial charge >= 0.3 is 6.18 Å². The molecule has 4 aromatic carbocycles. The van der Waals surface area contributed by atoms with Gasteiger partial charge in [-0.3, -0.25) is 9.79 Å². The molecule has 0 aliphatic heterocycles. The lowest BCUT2D eigenvalue weighted by molar-refractivity contribution is -0.137. The van der Waals surface area contributed by atoms with Gasteiger partial charge in [-0.1, -0.05) is 41.9 Å². The topological polar surface area (TPSA) is 61.7 Å². The normalized spacial score (nSPS) is 11.6. The lowest BCUT2D eigenvalue weighted by atomic mass is 10.0. The number of hydrogen-bond donors (Lipinski definition) is 2. The van der Waals surface area contributed by atoms with Gasteiger partial charge < -0.3 is 10.4 Å². The van der Waals surface area contributed by atoms with Crippen molar-refractivity contribution in [2.75, 3.05) is 5.32 Å². The number of anilines is 1. The fourth-order valence-electron chi connectivity index (χ4n) is 3.50. The van der Waals surface area contributed by atoms with Gasteiger partial charge in [-0.15, -0.1) is 0 Å². The van der Waals surface area contributed by atoms with Crippen LogP contribution in [0.2, 0.25) is 5.02 Å². The molecule has 0 aliphatic rings. The minimum atomic E-state index is -4.50. The maximum Gasteiger partial charge on any atom is 0.416 e. The molecular weight excluding hydrogens is 489 g/mol. The number of phenols is 1. The summed E-state index contributed by atoms with van der Waals surface area (Å²) in [6, 6.07) is 23.4. The number of carbonyl (C=O) groups excluding carboxylic acids is 1. The number of nitrogens with zero attached hydrogens (tertiary/aromatic N) is 1. The Balaban J connectivity index is 1.44. The van der Waals surface area contributed by atoms with E-state index in [-0.39, 0.29) is 17.0 Å². The average molecular weight is 509 g/mol. The third-order valence-corrected chi connectivity index (χ3v) is 5.74. The zero-order valence-corrected chi connectivity index (χ0v) is 19.5. The molecule has 1 amide bonds. The molecule has 0 radical (unpaired) electrons. The summed E-state index contributed by atoms with van der Waals surface area (Å²) < 4.78 is 38.6. The van der Waals surface area contributed by atoms with Gasteiger partial charge in [-0.2, -0.15) is 13.2 Å². The highest BCUT2D eigenvalue weighted by Crippen LogP contribution is 2.31. The number of hydrogen-bond acceptors (Lipinski definition) is 3. The summed E-state index contributed by atoms with van der Waals surface area (Å²) in [6.07, 6.45) is -2.39. The van der Waals surface area contributed by atoms with Gasteiger partial charge in [-0.05, 0) is 78.2 Å². The summed E-state index contributed by atoms with van der Waals surface area (Å²) in [6.45, 7) is 0. The fraction of sp³-hybridized carbons (Fsp3) is 0.0714. The van der Waals surface area contributed by atoms with Crippen molar-refractivity contribution in [3.63, 3.8) is 0 Å². The number of amides is 1. The zero-order valence-electron chi connectivity index (χ0n) is 18.8. The van der Waals surface area contributed by atoms with Crippen molar-refractivity contribution in [2.24, 2.45) is 4.99 Å². The van der Waals surface area contributed by atoms with E-state index >= 15 is 0 Å². The number of benzene rings is 4. The maximum atomic E-state index is 12.9. The van der Waals surface area contributed by atoms with Crippen molar-refractivity contribution in [2.45, 2.75) is 12.6 Å². The molecule has 0 aromatic heterocycles. The van der Waals surface area contributed by atoms with E-state index in [1.54, 1.807) is 18.2 Å². The van der Waals surface area contributed by atoms with Gasteiger partial charge in [0.2, 0.25) is 0 Å². The third-order valence-electron chi connectivity index (χ3n) is 5.37. The Morgan fingerprint density at radius 1 is 0.944 bits per heavy atom. The Kier molecular flexibility index (Phi) is 7.41. The Bertz CT molecular complexity index is 1420. The second kappa shape index (κ2) is 10.7. The van der Waals surface area contributed by atoms with Crippen LogP contribution in [0.1, 0.15) is 32.6 Å². The first-order valence-corrected chi connectivity index (χ1v) is 11.2. The number of aliphatic imine (C=N–C) groups is 1. The molecule has 8 heteroatoms. The monoisotopic (exact) mass is 508 g/mol. The number of rotatable bonds is 6. The summed E-state index contributed by atoms with van der Waals surface area (Å²) in [7, 11) is 0. The Morgan fingerprint density at radius 3 is 2.42 bits per heavy atom. The Hall–Kier alpha value is -4.10. The molecular formula is C28H20ClF3N2O2. The highest BCUT2D eigenvalue weighted by molar-refractivity contribution is 6.31. The second-order valence-electron chi connectivity index (χ2n) is 8.00. The molecule has 36 heavy (non-hydrogen) atoms. The molecule has 2 N–H and O–H groups in total.